The van der Waals surface area contributed by atoms with E-state index in [0.717, 1.165) is 12.0 Å². The van der Waals surface area contributed by atoms with E-state index in [9.17, 15) is 5.11 Å². The summed E-state index contributed by atoms with van der Waals surface area (Å²) in [4.78, 5) is 0. The fourth-order valence-electron chi connectivity index (χ4n) is 3.24. The maximum atomic E-state index is 10.1. The highest BCUT2D eigenvalue weighted by Crippen LogP contribution is 2.30. The molecule has 1 unspecified atom stereocenters. The molecule has 21 heavy (non-hydrogen) atoms. The predicted octanol–water partition coefficient (Wildman–Crippen LogP) is 4.49. The molecule has 0 aromatic heterocycles. The van der Waals surface area contributed by atoms with Gasteiger partial charge in [0.1, 0.15) is 6.10 Å². The average Bonchev–Trinajstić information content (AvgIpc) is 2.49. The van der Waals surface area contributed by atoms with Gasteiger partial charge in [0.05, 0.1) is 0 Å². The molecule has 1 aliphatic rings. The average molecular weight is 321 g/mol. The molecular weight excluding hydrogens is 296 g/mol. The van der Waals surface area contributed by atoms with Gasteiger partial charge in [0.25, 0.3) is 0 Å². The number of hydrogen-bond donors (Lipinski definition) is 1. The molecule has 1 fully saturated rings. The van der Waals surface area contributed by atoms with Crippen LogP contribution in [-0.2, 0) is 0 Å². The predicted molar refractivity (Wildman–Crippen MR) is 93.5 cm³/mol. The van der Waals surface area contributed by atoms with Crippen LogP contribution in [-0.4, -0.2) is 20.0 Å². The lowest BCUT2D eigenvalue weighted by molar-refractivity contribution is 0.190. The largest absolute Gasteiger partial charge is 0.380 e. The van der Waals surface area contributed by atoms with Crippen molar-refractivity contribution in [2.75, 3.05) is 0 Å². The van der Waals surface area contributed by atoms with Crippen LogP contribution in [0, 0.1) is 17.8 Å². The van der Waals surface area contributed by atoms with E-state index in [1.807, 2.05) is 24.3 Å². The van der Waals surface area contributed by atoms with Crippen LogP contribution in [0.15, 0.2) is 24.3 Å². The molecule has 1 aromatic rings. The van der Waals surface area contributed by atoms with Crippen molar-refractivity contribution in [1.82, 2.24) is 0 Å². The SMILES string of the molecule is CCC[Si@H]1CC[C@H](CC(O)C#Cc2ccc(Cl)cc2)CC1. The molecule has 1 atom stereocenters. The van der Waals surface area contributed by atoms with E-state index in [-0.39, 0.29) is 0 Å². The number of aliphatic hydroxyl groups excluding tert-OH is 1. The van der Waals surface area contributed by atoms with E-state index < -0.39 is 14.9 Å². The van der Waals surface area contributed by atoms with Crippen LogP contribution >= 0.6 is 11.6 Å². The Bertz CT molecular complexity index is 480. The van der Waals surface area contributed by atoms with Crippen molar-refractivity contribution in [3.05, 3.63) is 34.9 Å². The quantitative estimate of drug-likeness (QED) is 0.640. The molecule has 0 spiro atoms. The zero-order valence-electron chi connectivity index (χ0n) is 12.8. The van der Waals surface area contributed by atoms with Crippen LogP contribution in [0.3, 0.4) is 0 Å². The molecule has 0 bridgehead atoms. The first kappa shape index (κ1) is 16.6. The molecule has 0 saturated carbocycles. The molecule has 1 N–H and O–H groups in total. The number of rotatable bonds is 4. The number of aliphatic hydroxyl groups is 1. The number of benzene rings is 1. The second-order valence-corrected chi connectivity index (χ2v) is 10.1. The summed E-state index contributed by atoms with van der Waals surface area (Å²) in [6.07, 6.45) is 4.34. The summed E-state index contributed by atoms with van der Waals surface area (Å²) < 4.78 is 0. The van der Waals surface area contributed by atoms with Crippen LogP contribution in [0.2, 0.25) is 23.2 Å². The lowest BCUT2D eigenvalue weighted by Crippen LogP contribution is -2.23. The van der Waals surface area contributed by atoms with Gasteiger partial charge in [0.2, 0.25) is 0 Å². The maximum Gasteiger partial charge on any atom is 0.115 e. The molecular formula is C18H25ClOSi. The molecule has 3 heteroatoms. The minimum atomic E-state index is -0.491. The van der Waals surface area contributed by atoms with Crippen molar-refractivity contribution in [3.63, 3.8) is 0 Å². The van der Waals surface area contributed by atoms with Gasteiger partial charge in [-0.3, -0.25) is 0 Å². The Hall–Kier alpha value is -0.753. The molecule has 0 aliphatic carbocycles. The second kappa shape index (κ2) is 8.63. The van der Waals surface area contributed by atoms with Crippen molar-refractivity contribution in [2.24, 2.45) is 5.92 Å². The van der Waals surface area contributed by atoms with Crippen LogP contribution in [0.25, 0.3) is 0 Å². The Balaban J connectivity index is 1.78. The first-order chi connectivity index (χ1) is 10.2. The summed E-state index contributed by atoms with van der Waals surface area (Å²) in [5, 5.41) is 10.8. The Morgan fingerprint density at radius 2 is 1.95 bits per heavy atom. The third-order valence-electron chi connectivity index (χ3n) is 4.45. The van der Waals surface area contributed by atoms with Gasteiger partial charge in [-0.05, 0) is 36.6 Å². The fourth-order valence-corrected chi connectivity index (χ4v) is 6.93. The Kier molecular flexibility index (Phi) is 6.83. The highest BCUT2D eigenvalue weighted by atomic mass is 35.5. The standard InChI is InChI=1S/C18H25ClOSi/c1-2-11-21-12-9-16(10-13-21)14-18(20)8-5-15-3-6-17(19)7-4-15/h3-4,6-7,16,18,20-21H,2,9-14H2,1H3/t16-,18?,21-. The number of halogens is 1. The van der Waals surface area contributed by atoms with Crippen LogP contribution in [0.1, 0.15) is 38.2 Å². The molecule has 1 nitrogen and oxygen atoms in total. The van der Waals surface area contributed by atoms with E-state index in [4.69, 9.17) is 11.6 Å². The normalized spacial score (nSPS) is 23.2. The molecule has 2 rings (SSSR count). The minimum absolute atomic E-state index is 0.410. The fraction of sp³-hybridized carbons (Fsp3) is 0.556. The van der Waals surface area contributed by atoms with E-state index in [1.54, 1.807) is 0 Å². The topological polar surface area (TPSA) is 20.2 Å². The van der Waals surface area contributed by atoms with Crippen molar-refractivity contribution >= 4 is 20.4 Å². The Labute approximate surface area is 135 Å². The summed E-state index contributed by atoms with van der Waals surface area (Å²) in [7, 11) is -0.410. The van der Waals surface area contributed by atoms with Gasteiger partial charge in [0, 0.05) is 19.4 Å². The third-order valence-corrected chi connectivity index (χ3v) is 8.39. The first-order valence-corrected chi connectivity index (χ1v) is 10.9. The minimum Gasteiger partial charge on any atom is -0.380 e. The van der Waals surface area contributed by atoms with E-state index in [0.29, 0.717) is 10.9 Å². The monoisotopic (exact) mass is 320 g/mol. The van der Waals surface area contributed by atoms with Crippen LogP contribution in [0.4, 0.5) is 0 Å². The van der Waals surface area contributed by atoms with Crippen molar-refractivity contribution in [3.8, 4) is 11.8 Å². The van der Waals surface area contributed by atoms with Crippen LogP contribution < -0.4 is 0 Å². The van der Waals surface area contributed by atoms with Gasteiger partial charge < -0.3 is 5.11 Å². The molecule has 1 saturated heterocycles. The van der Waals surface area contributed by atoms with Crippen molar-refractivity contribution in [2.45, 2.75) is 56.8 Å². The molecule has 114 valence electrons. The van der Waals surface area contributed by atoms with Crippen molar-refractivity contribution in [1.29, 1.82) is 0 Å². The molecule has 1 heterocycles. The van der Waals surface area contributed by atoms with E-state index in [2.05, 4.69) is 18.8 Å². The van der Waals surface area contributed by atoms with Gasteiger partial charge in [-0.15, -0.1) is 0 Å². The molecule has 0 amide bonds. The highest BCUT2D eigenvalue weighted by Gasteiger charge is 2.22. The Morgan fingerprint density at radius 1 is 1.29 bits per heavy atom. The Morgan fingerprint density at radius 3 is 2.57 bits per heavy atom. The summed E-state index contributed by atoms with van der Waals surface area (Å²) in [6.45, 7) is 2.30. The van der Waals surface area contributed by atoms with Crippen molar-refractivity contribution < 1.29 is 5.11 Å². The zero-order valence-corrected chi connectivity index (χ0v) is 14.7. The summed E-state index contributed by atoms with van der Waals surface area (Å²) in [5.74, 6) is 6.70. The van der Waals surface area contributed by atoms with E-state index >= 15 is 0 Å². The first-order valence-electron chi connectivity index (χ1n) is 8.12. The molecule has 0 radical (unpaired) electrons. The van der Waals surface area contributed by atoms with Gasteiger partial charge in [0.15, 0.2) is 0 Å². The van der Waals surface area contributed by atoms with Gasteiger partial charge >= 0.3 is 0 Å². The third kappa shape index (κ3) is 5.86. The highest BCUT2D eigenvalue weighted by molar-refractivity contribution is 6.58. The van der Waals surface area contributed by atoms with Gasteiger partial charge in [-0.1, -0.05) is 67.8 Å². The zero-order chi connectivity index (χ0) is 15.1. The van der Waals surface area contributed by atoms with Gasteiger partial charge in [-0.25, -0.2) is 0 Å². The van der Waals surface area contributed by atoms with Gasteiger partial charge in [-0.2, -0.15) is 0 Å². The number of hydrogen-bond acceptors (Lipinski definition) is 1. The smallest absolute Gasteiger partial charge is 0.115 e. The molecule has 1 aromatic carbocycles. The summed E-state index contributed by atoms with van der Waals surface area (Å²) in [6, 6.07) is 11.9. The second-order valence-electron chi connectivity index (χ2n) is 6.20. The van der Waals surface area contributed by atoms with E-state index in [1.165, 1.54) is 37.4 Å². The van der Waals surface area contributed by atoms with Crippen LogP contribution in [0.5, 0.6) is 0 Å². The lowest BCUT2D eigenvalue weighted by atomic mass is 9.95. The molecule has 1 aliphatic heterocycles. The maximum absolute atomic E-state index is 10.1. The lowest BCUT2D eigenvalue weighted by Gasteiger charge is -2.27. The summed E-state index contributed by atoms with van der Waals surface area (Å²) in [5.41, 5.74) is 0.914. The summed E-state index contributed by atoms with van der Waals surface area (Å²) >= 11 is 5.84.